The molecule has 0 aliphatic carbocycles. The van der Waals surface area contributed by atoms with Crippen molar-refractivity contribution in [3.63, 3.8) is 0 Å². The maximum Gasteiger partial charge on any atom is 0.223 e. The van der Waals surface area contributed by atoms with Crippen LogP contribution in [0, 0.1) is 13.8 Å². The first-order valence-electron chi connectivity index (χ1n) is 8.19. The Morgan fingerprint density at radius 2 is 2.30 bits per heavy atom. The van der Waals surface area contributed by atoms with Gasteiger partial charge in [-0.25, -0.2) is 4.98 Å². The number of carbonyl (C=O) groups is 1. The highest BCUT2D eigenvalue weighted by molar-refractivity contribution is 5.76. The lowest BCUT2D eigenvalue weighted by Crippen LogP contribution is -2.39. The Morgan fingerprint density at radius 3 is 3.00 bits per heavy atom. The summed E-state index contributed by atoms with van der Waals surface area (Å²) in [5, 5.41) is 4.00. The number of likely N-dealkylation sites (tertiary alicyclic amines) is 1. The van der Waals surface area contributed by atoms with Crippen molar-refractivity contribution in [3.05, 3.63) is 29.9 Å². The predicted molar refractivity (Wildman–Crippen MR) is 83.8 cm³/mol. The van der Waals surface area contributed by atoms with Crippen molar-refractivity contribution in [1.29, 1.82) is 0 Å². The van der Waals surface area contributed by atoms with E-state index in [2.05, 4.69) is 19.7 Å². The molecule has 1 aliphatic rings. The van der Waals surface area contributed by atoms with Crippen LogP contribution in [0.5, 0.6) is 0 Å². The molecule has 0 saturated carbocycles. The molecule has 0 N–H and O–H groups in total. The van der Waals surface area contributed by atoms with Crippen molar-refractivity contribution in [2.24, 2.45) is 0 Å². The zero-order chi connectivity index (χ0) is 16.2. The predicted octanol–water partition coefficient (Wildman–Crippen LogP) is 2.07. The molecule has 2 aromatic heterocycles. The number of hydrogen-bond acceptors (Lipinski definition) is 5. The van der Waals surface area contributed by atoms with Gasteiger partial charge in [0, 0.05) is 51.3 Å². The third-order valence-electron chi connectivity index (χ3n) is 4.40. The van der Waals surface area contributed by atoms with E-state index in [0.717, 1.165) is 44.0 Å². The molecular formula is C16H23N5O2. The molecule has 23 heavy (non-hydrogen) atoms. The van der Waals surface area contributed by atoms with Crippen molar-refractivity contribution in [2.75, 3.05) is 13.1 Å². The van der Waals surface area contributed by atoms with Crippen LogP contribution in [0.15, 0.2) is 16.9 Å². The van der Waals surface area contributed by atoms with E-state index in [0.29, 0.717) is 18.9 Å². The Morgan fingerprint density at radius 1 is 1.43 bits per heavy atom. The Hall–Kier alpha value is -2.18. The Balaban J connectivity index is 1.50. The molecule has 1 aliphatic heterocycles. The van der Waals surface area contributed by atoms with Crippen molar-refractivity contribution in [3.8, 4) is 0 Å². The molecule has 0 radical (unpaired) electrons. The van der Waals surface area contributed by atoms with Gasteiger partial charge in [0.1, 0.15) is 5.82 Å². The van der Waals surface area contributed by atoms with Crippen molar-refractivity contribution in [1.82, 2.24) is 24.6 Å². The monoisotopic (exact) mass is 317 g/mol. The van der Waals surface area contributed by atoms with Gasteiger partial charge in [0.2, 0.25) is 11.8 Å². The van der Waals surface area contributed by atoms with Crippen molar-refractivity contribution < 1.29 is 9.32 Å². The summed E-state index contributed by atoms with van der Waals surface area (Å²) in [6.45, 7) is 6.13. The first kappa shape index (κ1) is 15.7. The maximum absolute atomic E-state index is 12.4. The number of piperidine rings is 1. The smallest absolute Gasteiger partial charge is 0.223 e. The summed E-state index contributed by atoms with van der Waals surface area (Å²) < 4.78 is 7.14. The number of nitrogens with zero attached hydrogens (tertiary/aromatic N) is 5. The molecule has 1 atom stereocenters. The molecule has 124 valence electrons. The van der Waals surface area contributed by atoms with E-state index in [1.165, 1.54) is 0 Å². The number of carbonyl (C=O) groups excluding carboxylic acids is 1. The Labute approximate surface area is 135 Å². The van der Waals surface area contributed by atoms with E-state index in [-0.39, 0.29) is 11.8 Å². The van der Waals surface area contributed by atoms with Gasteiger partial charge in [0.05, 0.1) is 0 Å². The van der Waals surface area contributed by atoms with E-state index < -0.39 is 0 Å². The third kappa shape index (κ3) is 3.78. The molecule has 1 fully saturated rings. The molecule has 0 aromatic carbocycles. The SMILES string of the molecule is Cc1nc([C@H]2CCCN(C(=O)CCCn3ccnc3C)C2)no1. The van der Waals surface area contributed by atoms with Gasteiger partial charge < -0.3 is 14.0 Å². The molecule has 0 bridgehead atoms. The lowest BCUT2D eigenvalue weighted by Gasteiger charge is -2.31. The fourth-order valence-electron chi connectivity index (χ4n) is 3.09. The standard InChI is InChI=1S/C16H23N5O2/c1-12-17-7-10-20(12)8-4-6-15(22)21-9-3-5-14(11-21)16-18-13(2)23-19-16/h7,10,14H,3-6,8-9,11H2,1-2H3/t14-/m0/s1. The van der Waals surface area contributed by atoms with Gasteiger partial charge in [-0.05, 0) is 26.2 Å². The molecule has 3 heterocycles. The molecule has 7 heteroatoms. The Kier molecular flexibility index (Phi) is 4.73. The van der Waals surface area contributed by atoms with Gasteiger partial charge in [0.15, 0.2) is 5.82 Å². The highest BCUT2D eigenvalue weighted by Crippen LogP contribution is 2.25. The number of aryl methyl sites for hydroxylation is 3. The Bertz CT molecular complexity index is 663. The number of aromatic nitrogens is 4. The number of amides is 1. The van der Waals surface area contributed by atoms with E-state index in [1.807, 2.05) is 18.0 Å². The van der Waals surface area contributed by atoms with Crippen LogP contribution in [-0.2, 0) is 11.3 Å². The summed E-state index contributed by atoms with van der Waals surface area (Å²) in [6, 6.07) is 0. The zero-order valence-corrected chi connectivity index (χ0v) is 13.7. The lowest BCUT2D eigenvalue weighted by atomic mass is 9.97. The van der Waals surface area contributed by atoms with Gasteiger partial charge in [-0.2, -0.15) is 4.98 Å². The average molecular weight is 317 g/mol. The van der Waals surface area contributed by atoms with Crippen LogP contribution in [0.3, 0.4) is 0 Å². The van der Waals surface area contributed by atoms with Gasteiger partial charge in [-0.15, -0.1) is 0 Å². The summed E-state index contributed by atoms with van der Waals surface area (Å²) in [6.07, 6.45) is 7.14. The van der Waals surface area contributed by atoms with Crippen LogP contribution in [-0.4, -0.2) is 43.6 Å². The minimum atomic E-state index is 0.195. The minimum Gasteiger partial charge on any atom is -0.342 e. The first-order valence-corrected chi connectivity index (χ1v) is 8.19. The summed E-state index contributed by atoms with van der Waals surface area (Å²) >= 11 is 0. The molecule has 0 unspecified atom stereocenters. The third-order valence-corrected chi connectivity index (χ3v) is 4.40. The van der Waals surface area contributed by atoms with Crippen molar-refractivity contribution >= 4 is 5.91 Å². The van der Waals surface area contributed by atoms with Gasteiger partial charge in [-0.1, -0.05) is 5.16 Å². The maximum atomic E-state index is 12.4. The van der Waals surface area contributed by atoms with Crippen LogP contribution in [0.1, 0.15) is 49.1 Å². The molecular weight excluding hydrogens is 294 g/mol. The summed E-state index contributed by atoms with van der Waals surface area (Å²) in [4.78, 5) is 22.9. The quantitative estimate of drug-likeness (QED) is 0.843. The summed E-state index contributed by atoms with van der Waals surface area (Å²) in [5.74, 6) is 2.71. The fourth-order valence-corrected chi connectivity index (χ4v) is 3.09. The highest BCUT2D eigenvalue weighted by atomic mass is 16.5. The summed E-state index contributed by atoms with van der Waals surface area (Å²) in [5.41, 5.74) is 0. The average Bonchev–Trinajstić information content (AvgIpc) is 3.16. The van der Waals surface area contributed by atoms with Crippen LogP contribution < -0.4 is 0 Å². The highest BCUT2D eigenvalue weighted by Gasteiger charge is 2.27. The van der Waals surface area contributed by atoms with Gasteiger partial charge >= 0.3 is 0 Å². The van der Waals surface area contributed by atoms with Crippen LogP contribution >= 0.6 is 0 Å². The first-order chi connectivity index (χ1) is 11.1. The zero-order valence-electron chi connectivity index (χ0n) is 13.7. The molecule has 3 rings (SSSR count). The molecule has 2 aromatic rings. The molecule has 1 saturated heterocycles. The fraction of sp³-hybridized carbons (Fsp3) is 0.625. The normalized spacial score (nSPS) is 18.3. The van der Waals surface area contributed by atoms with E-state index >= 15 is 0 Å². The van der Waals surface area contributed by atoms with Gasteiger partial charge in [0.25, 0.3) is 0 Å². The second-order valence-corrected chi connectivity index (χ2v) is 6.12. The van der Waals surface area contributed by atoms with Gasteiger partial charge in [-0.3, -0.25) is 4.79 Å². The number of imidazole rings is 1. The van der Waals surface area contributed by atoms with E-state index in [9.17, 15) is 4.79 Å². The minimum absolute atomic E-state index is 0.195. The van der Waals surface area contributed by atoms with E-state index in [1.54, 1.807) is 13.1 Å². The number of hydrogen-bond donors (Lipinski definition) is 0. The van der Waals surface area contributed by atoms with E-state index in [4.69, 9.17) is 4.52 Å². The largest absolute Gasteiger partial charge is 0.342 e. The molecule has 1 amide bonds. The van der Waals surface area contributed by atoms with Crippen LogP contribution in [0.4, 0.5) is 0 Å². The number of rotatable bonds is 5. The molecule has 7 nitrogen and oxygen atoms in total. The summed E-state index contributed by atoms with van der Waals surface area (Å²) in [7, 11) is 0. The van der Waals surface area contributed by atoms with Crippen molar-refractivity contribution in [2.45, 2.75) is 52.0 Å². The lowest BCUT2D eigenvalue weighted by molar-refractivity contribution is -0.132. The molecule has 0 spiro atoms. The van der Waals surface area contributed by atoms with Crippen LogP contribution in [0.25, 0.3) is 0 Å². The second kappa shape index (κ2) is 6.93. The van der Waals surface area contributed by atoms with Crippen LogP contribution in [0.2, 0.25) is 0 Å². The second-order valence-electron chi connectivity index (χ2n) is 6.12. The topological polar surface area (TPSA) is 77.1 Å².